The Hall–Kier alpha value is -1.13. The number of rotatable bonds is 2. The molecule has 4 heteroatoms. The molecule has 2 N–H and O–H groups in total. The number of Topliss-reactive ketones (excluding diaryl/α,β-unsaturated/α-hetero) is 1. The maximum Gasteiger partial charge on any atom is 0.181 e. The van der Waals surface area contributed by atoms with Crippen LogP contribution in [0.5, 0.6) is 0 Å². The lowest BCUT2D eigenvalue weighted by Gasteiger charge is -2.07. The molecule has 0 aliphatic carbocycles. The molecule has 1 atom stereocenters. The van der Waals surface area contributed by atoms with Crippen molar-refractivity contribution in [3.8, 4) is 0 Å². The Balaban J connectivity index is 0.000000510. The van der Waals surface area contributed by atoms with E-state index < -0.39 is 0 Å². The van der Waals surface area contributed by atoms with E-state index >= 15 is 0 Å². The minimum atomic E-state index is -0.00218. The predicted molar refractivity (Wildman–Crippen MR) is 94.0 cm³/mol. The van der Waals surface area contributed by atoms with E-state index in [1.165, 1.54) is 0 Å². The highest BCUT2D eigenvalue weighted by Gasteiger charge is 2.25. The van der Waals surface area contributed by atoms with Gasteiger partial charge in [0.1, 0.15) is 0 Å². The molecule has 2 heterocycles. The molecule has 1 aliphatic rings. The second-order valence-electron chi connectivity index (χ2n) is 4.41. The average molecular weight is 353 g/mol. The first-order chi connectivity index (χ1) is 10.3. The Bertz CT molecular complexity index is 571. The summed E-state index contributed by atoms with van der Waals surface area (Å²) >= 11 is 3.43. The maximum absolute atomic E-state index is 12.3. The number of hydrogen-bond donors (Lipinski definition) is 2. The summed E-state index contributed by atoms with van der Waals surface area (Å²) in [5, 5.41) is 4.25. The third-order valence-corrected chi connectivity index (χ3v) is 3.78. The summed E-state index contributed by atoms with van der Waals surface area (Å²) < 4.78 is 1.02. The largest absolute Gasteiger partial charge is 0.360 e. The van der Waals surface area contributed by atoms with Gasteiger partial charge >= 0.3 is 0 Å². The van der Waals surface area contributed by atoms with Crippen molar-refractivity contribution >= 4 is 32.6 Å². The highest BCUT2D eigenvalue weighted by molar-refractivity contribution is 9.10. The van der Waals surface area contributed by atoms with Crippen LogP contribution < -0.4 is 5.32 Å². The van der Waals surface area contributed by atoms with E-state index in [4.69, 9.17) is 0 Å². The average Bonchev–Trinajstić information content (AvgIpc) is 3.20. The minimum Gasteiger partial charge on any atom is -0.360 e. The van der Waals surface area contributed by atoms with Gasteiger partial charge in [-0.05, 0) is 31.5 Å². The molecule has 1 aromatic carbocycles. The van der Waals surface area contributed by atoms with Gasteiger partial charge in [0.05, 0.1) is 6.04 Å². The number of ketones is 1. The number of aromatic nitrogens is 1. The van der Waals surface area contributed by atoms with Gasteiger partial charge in [-0.2, -0.15) is 0 Å². The van der Waals surface area contributed by atoms with Gasteiger partial charge in [-0.3, -0.25) is 4.79 Å². The topological polar surface area (TPSA) is 44.9 Å². The SMILES string of the molecule is CC.CC.O=C(c1c[nH]c2cc(Br)ccc12)C1CCCN1. The van der Waals surface area contributed by atoms with Gasteiger partial charge in [0.15, 0.2) is 5.78 Å². The van der Waals surface area contributed by atoms with Gasteiger partial charge in [0.2, 0.25) is 0 Å². The van der Waals surface area contributed by atoms with Crippen molar-refractivity contribution in [1.82, 2.24) is 10.3 Å². The fourth-order valence-corrected chi connectivity index (χ4v) is 2.76. The number of hydrogen-bond acceptors (Lipinski definition) is 2. The second-order valence-corrected chi connectivity index (χ2v) is 5.32. The molecule has 1 unspecified atom stereocenters. The summed E-state index contributed by atoms with van der Waals surface area (Å²) in [5.74, 6) is 0.205. The van der Waals surface area contributed by atoms with E-state index in [2.05, 4.69) is 26.2 Å². The Morgan fingerprint density at radius 1 is 1.24 bits per heavy atom. The first-order valence-corrected chi connectivity index (χ1v) is 8.59. The molecule has 21 heavy (non-hydrogen) atoms. The van der Waals surface area contributed by atoms with Crippen LogP contribution in [0.3, 0.4) is 0 Å². The molecule has 0 bridgehead atoms. The van der Waals surface area contributed by atoms with Gasteiger partial charge in [-0.15, -0.1) is 0 Å². The van der Waals surface area contributed by atoms with Crippen molar-refractivity contribution in [1.29, 1.82) is 0 Å². The van der Waals surface area contributed by atoms with E-state index in [9.17, 15) is 4.79 Å². The van der Waals surface area contributed by atoms with Crippen molar-refractivity contribution < 1.29 is 4.79 Å². The standard InChI is InChI=1S/C13H13BrN2O.2C2H6/c14-8-3-4-9-10(7-16-12(9)6-8)13(17)11-2-1-5-15-11;2*1-2/h3-4,6-7,11,15-16H,1-2,5H2;2*1-2H3. The van der Waals surface area contributed by atoms with Crippen molar-refractivity contribution in [3.05, 3.63) is 34.4 Å². The van der Waals surface area contributed by atoms with E-state index in [-0.39, 0.29) is 11.8 Å². The van der Waals surface area contributed by atoms with Crippen LogP contribution in [0, 0.1) is 0 Å². The van der Waals surface area contributed by atoms with Crippen LogP contribution >= 0.6 is 15.9 Å². The first-order valence-electron chi connectivity index (χ1n) is 7.80. The number of nitrogens with one attached hydrogen (secondary N) is 2. The van der Waals surface area contributed by atoms with Crippen molar-refractivity contribution in [3.63, 3.8) is 0 Å². The molecule has 0 radical (unpaired) electrons. The molecule has 1 saturated heterocycles. The third-order valence-electron chi connectivity index (χ3n) is 3.29. The first kappa shape index (κ1) is 17.9. The molecule has 3 nitrogen and oxygen atoms in total. The van der Waals surface area contributed by atoms with Gasteiger partial charge in [0.25, 0.3) is 0 Å². The van der Waals surface area contributed by atoms with Gasteiger partial charge in [0, 0.05) is 27.1 Å². The molecule has 1 aromatic heterocycles. The van der Waals surface area contributed by atoms with Gasteiger partial charge < -0.3 is 10.3 Å². The molecule has 0 amide bonds. The van der Waals surface area contributed by atoms with E-state index in [0.717, 1.165) is 40.3 Å². The molecule has 1 aliphatic heterocycles. The Kier molecular flexibility index (Phi) is 7.68. The minimum absolute atomic E-state index is 0.00218. The fourth-order valence-electron chi connectivity index (χ4n) is 2.40. The third kappa shape index (κ3) is 4.17. The smallest absolute Gasteiger partial charge is 0.181 e. The van der Waals surface area contributed by atoms with Crippen molar-refractivity contribution in [2.24, 2.45) is 0 Å². The molecule has 3 rings (SSSR count). The van der Waals surface area contributed by atoms with E-state index in [0.29, 0.717) is 0 Å². The summed E-state index contributed by atoms with van der Waals surface area (Å²) in [5.41, 5.74) is 1.80. The zero-order valence-corrected chi connectivity index (χ0v) is 14.9. The van der Waals surface area contributed by atoms with Crippen LogP contribution in [0.4, 0.5) is 0 Å². The molecule has 1 fully saturated rings. The number of benzene rings is 1. The fraction of sp³-hybridized carbons (Fsp3) is 0.471. The number of halogens is 1. The number of carbonyl (C=O) groups excluding carboxylic acids is 1. The zero-order chi connectivity index (χ0) is 15.8. The molecule has 0 spiro atoms. The molecule has 2 aromatic rings. The molecular weight excluding hydrogens is 328 g/mol. The maximum atomic E-state index is 12.3. The summed E-state index contributed by atoms with van der Waals surface area (Å²) in [4.78, 5) is 15.5. The summed E-state index contributed by atoms with van der Waals surface area (Å²) in [7, 11) is 0. The lowest BCUT2D eigenvalue weighted by Crippen LogP contribution is -2.30. The normalized spacial score (nSPS) is 16.7. The summed E-state index contributed by atoms with van der Waals surface area (Å²) in [6.45, 7) is 8.95. The number of carbonyl (C=O) groups is 1. The molecule has 116 valence electrons. The summed E-state index contributed by atoms with van der Waals surface area (Å²) in [6.07, 6.45) is 3.85. The van der Waals surface area contributed by atoms with Crippen LogP contribution in [-0.2, 0) is 0 Å². The van der Waals surface area contributed by atoms with Crippen molar-refractivity contribution in [2.75, 3.05) is 6.54 Å². The van der Waals surface area contributed by atoms with Crippen LogP contribution in [0.1, 0.15) is 50.9 Å². The predicted octanol–water partition coefficient (Wildman–Crippen LogP) is 4.92. The number of fused-ring (bicyclic) bond motifs is 1. The van der Waals surface area contributed by atoms with Gasteiger partial charge in [-0.1, -0.05) is 49.7 Å². The van der Waals surface area contributed by atoms with Crippen LogP contribution in [0.25, 0.3) is 10.9 Å². The van der Waals surface area contributed by atoms with E-state index in [1.54, 1.807) is 0 Å². The Morgan fingerprint density at radius 2 is 1.95 bits per heavy atom. The number of aromatic amines is 1. The summed E-state index contributed by atoms with van der Waals surface area (Å²) in [6, 6.07) is 5.94. The highest BCUT2D eigenvalue weighted by Crippen LogP contribution is 2.24. The molecule has 0 saturated carbocycles. The zero-order valence-electron chi connectivity index (χ0n) is 13.3. The highest BCUT2D eigenvalue weighted by atomic mass is 79.9. The van der Waals surface area contributed by atoms with Crippen LogP contribution in [-0.4, -0.2) is 23.4 Å². The van der Waals surface area contributed by atoms with Crippen molar-refractivity contribution in [2.45, 2.75) is 46.6 Å². The van der Waals surface area contributed by atoms with E-state index in [1.807, 2.05) is 52.1 Å². The number of H-pyrrole nitrogens is 1. The quantitative estimate of drug-likeness (QED) is 0.753. The van der Waals surface area contributed by atoms with Crippen LogP contribution in [0.15, 0.2) is 28.9 Å². The van der Waals surface area contributed by atoms with Crippen LogP contribution in [0.2, 0.25) is 0 Å². The monoisotopic (exact) mass is 352 g/mol. The second kappa shape index (κ2) is 9.00. The lowest BCUT2D eigenvalue weighted by molar-refractivity contribution is 0.0954. The lowest BCUT2D eigenvalue weighted by atomic mass is 10.0. The molecular formula is C17H25BrN2O. The van der Waals surface area contributed by atoms with Gasteiger partial charge in [-0.25, -0.2) is 0 Å². The Morgan fingerprint density at radius 3 is 2.57 bits per heavy atom. The Labute approximate surface area is 135 Å².